The van der Waals surface area contributed by atoms with Gasteiger partial charge in [-0.2, -0.15) is 5.10 Å². The van der Waals surface area contributed by atoms with Crippen LogP contribution in [0.4, 0.5) is 11.4 Å². The molecule has 20 heavy (non-hydrogen) atoms. The Labute approximate surface area is 116 Å². The Morgan fingerprint density at radius 1 is 1.10 bits per heavy atom. The predicted molar refractivity (Wildman–Crippen MR) is 81.2 cm³/mol. The molecular formula is C16H13N3O. The molecule has 2 aromatic carbocycles. The number of rotatable bonds is 3. The number of Topliss-reactive ketones (excluding diaryl/α,β-unsaturated/α-hetero) is 1. The van der Waals surface area contributed by atoms with E-state index in [4.69, 9.17) is 0 Å². The number of nitrogens with zero attached hydrogens (tertiary/aromatic N) is 2. The molecule has 4 nitrogen and oxygen atoms in total. The summed E-state index contributed by atoms with van der Waals surface area (Å²) in [5.41, 5.74) is 6.62. The molecule has 0 saturated carbocycles. The van der Waals surface area contributed by atoms with Gasteiger partial charge in [-0.25, -0.2) is 4.99 Å². The first-order valence-corrected chi connectivity index (χ1v) is 6.32. The van der Waals surface area contributed by atoms with Crippen LogP contribution in [0.1, 0.15) is 15.9 Å². The van der Waals surface area contributed by atoms with Gasteiger partial charge in [0.05, 0.1) is 17.6 Å². The molecule has 0 spiro atoms. The van der Waals surface area contributed by atoms with Crippen molar-refractivity contribution >= 4 is 29.1 Å². The van der Waals surface area contributed by atoms with Crippen LogP contribution in [0.15, 0.2) is 58.6 Å². The summed E-state index contributed by atoms with van der Waals surface area (Å²) in [6, 6.07) is 15.1. The van der Waals surface area contributed by atoms with Crippen LogP contribution in [0.3, 0.4) is 0 Å². The van der Waals surface area contributed by atoms with Crippen molar-refractivity contribution in [2.45, 2.75) is 6.92 Å². The van der Waals surface area contributed by atoms with Crippen molar-refractivity contribution < 1.29 is 4.79 Å². The van der Waals surface area contributed by atoms with E-state index in [1.165, 1.54) is 11.8 Å². The van der Waals surface area contributed by atoms with Crippen molar-refractivity contribution in [2.75, 3.05) is 5.43 Å². The molecule has 0 fully saturated rings. The van der Waals surface area contributed by atoms with Crippen molar-refractivity contribution in [3.63, 3.8) is 0 Å². The summed E-state index contributed by atoms with van der Waals surface area (Å²) in [6.45, 7) is 2.02. The number of para-hydroxylation sites is 1. The minimum atomic E-state index is -0.0879. The van der Waals surface area contributed by atoms with Gasteiger partial charge in [-0.15, -0.1) is 0 Å². The molecule has 0 unspecified atom stereocenters. The number of aliphatic imine (C=N–C) groups is 1. The number of carbonyl (C=O) groups is 1. The molecule has 3 rings (SSSR count). The van der Waals surface area contributed by atoms with Crippen LogP contribution in [0, 0.1) is 6.92 Å². The molecule has 0 bridgehead atoms. The van der Waals surface area contributed by atoms with Crippen molar-refractivity contribution in [1.29, 1.82) is 0 Å². The van der Waals surface area contributed by atoms with E-state index in [1.54, 1.807) is 6.07 Å². The van der Waals surface area contributed by atoms with Crippen molar-refractivity contribution in [3.05, 3.63) is 59.7 Å². The third-order valence-corrected chi connectivity index (χ3v) is 3.05. The molecule has 0 aromatic heterocycles. The van der Waals surface area contributed by atoms with Gasteiger partial charge in [-0.1, -0.05) is 29.8 Å². The number of benzene rings is 2. The minimum absolute atomic E-state index is 0.0879. The van der Waals surface area contributed by atoms with Gasteiger partial charge in [-0.05, 0) is 31.2 Å². The molecule has 0 radical (unpaired) electrons. The van der Waals surface area contributed by atoms with Crippen molar-refractivity contribution in [3.8, 4) is 0 Å². The van der Waals surface area contributed by atoms with E-state index in [0.717, 1.165) is 5.69 Å². The average Bonchev–Trinajstić information content (AvgIpc) is 2.78. The topological polar surface area (TPSA) is 53.8 Å². The Hall–Kier alpha value is -2.75. The lowest BCUT2D eigenvalue weighted by Gasteiger charge is -1.99. The van der Waals surface area contributed by atoms with Crippen molar-refractivity contribution in [1.82, 2.24) is 0 Å². The highest BCUT2D eigenvalue weighted by atomic mass is 16.1. The van der Waals surface area contributed by atoms with Crippen molar-refractivity contribution in [2.24, 2.45) is 10.1 Å². The van der Waals surface area contributed by atoms with E-state index in [9.17, 15) is 4.79 Å². The Bertz CT molecular complexity index is 715. The van der Waals surface area contributed by atoms with Gasteiger partial charge in [0.2, 0.25) is 5.78 Å². The molecule has 0 amide bonds. The molecule has 0 atom stereocenters. The zero-order valence-electron chi connectivity index (χ0n) is 11.0. The zero-order chi connectivity index (χ0) is 13.9. The number of carbonyl (C=O) groups excluding carboxylic acids is 1. The molecule has 4 heteroatoms. The largest absolute Gasteiger partial charge is 0.287 e. The highest BCUT2D eigenvalue weighted by Gasteiger charge is 2.22. The van der Waals surface area contributed by atoms with Crippen LogP contribution in [-0.4, -0.2) is 17.7 Å². The Balaban J connectivity index is 1.72. The van der Waals surface area contributed by atoms with Crippen LogP contribution in [-0.2, 0) is 0 Å². The van der Waals surface area contributed by atoms with E-state index in [-0.39, 0.29) is 5.78 Å². The standard InChI is InChI=1S/C16H13N3O/c1-11-6-8-12(9-7-11)19-17-10-15-16(20)13-4-2-3-5-14(13)18-15/h2-10,19H,1H3. The van der Waals surface area contributed by atoms with Gasteiger partial charge in [0.1, 0.15) is 5.71 Å². The molecular weight excluding hydrogens is 250 g/mol. The molecule has 1 heterocycles. The number of hydrogen-bond acceptors (Lipinski definition) is 4. The SMILES string of the molecule is Cc1ccc(NN=CC2=Nc3ccccc3C2=O)cc1. The Kier molecular flexibility index (Phi) is 3.13. The highest BCUT2D eigenvalue weighted by molar-refractivity contribution is 6.67. The first-order chi connectivity index (χ1) is 9.74. The van der Waals surface area contributed by atoms with Gasteiger partial charge in [0.25, 0.3) is 0 Å². The van der Waals surface area contributed by atoms with E-state index < -0.39 is 0 Å². The molecule has 98 valence electrons. The first kappa shape index (κ1) is 12.3. The number of nitrogens with one attached hydrogen (secondary N) is 1. The lowest BCUT2D eigenvalue weighted by Crippen LogP contribution is -2.11. The Morgan fingerprint density at radius 2 is 1.85 bits per heavy atom. The number of aryl methyl sites for hydroxylation is 1. The van der Waals surface area contributed by atoms with Gasteiger partial charge >= 0.3 is 0 Å². The van der Waals surface area contributed by atoms with E-state index in [2.05, 4.69) is 15.5 Å². The molecule has 1 aliphatic heterocycles. The summed E-state index contributed by atoms with van der Waals surface area (Å²) in [6.07, 6.45) is 1.46. The quantitative estimate of drug-likeness (QED) is 0.682. The maximum absolute atomic E-state index is 12.0. The lowest BCUT2D eigenvalue weighted by molar-refractivity contribution is 0.107. The molecule has 0 saturated heterocycles. The first-order valence-electron chi connectivity index (χ1n) is 6.32. The summed E-state index contributed by atoms with van der Waals surface area (Å²) in [5.74, 6) is -0.0879. The average molecular weight is 263 g/mol. The second-order valence-corrected chi connectivity index (χ2v) is 4.58. The lowest BCUT2D eigenvalue weighted by atomic mass is 10.1. The second-order valence-electron chi connectivity index (χ2n) is 4.58. The summed E-state index contributed by atoms with van der Waals surface area (Å²) in [4.78, 5) is 16.3. The number of fused-ring (bicyclic) bond motifs is 1. The molecule has 1 N–H and O–H groups in total. The number of anilines is 1. The number of hydrazone groups is 1. The van der Waals surface area contributed by atoms with Crippen LogP contribution >= 0.6 is 0 Å². The van der Waals surface area contributed by atoms with E-state index in [0.29, 0.717) is 17.0 Å². The third-order valence-electron chi connectivity index (χ3n) is 3.05. The number of hydrogen-bond donors (Lipinski definition) is 1. The van der Waals surface area contributed by atoms with Gasteiger partial charge in [-0.3, -0.25) is 10.2 Å². The summed E-state index contributed by atoms with van der Waals surface area (Å²) >= 11 is 0. The monoisotopic (exact) mass is 263 g/mol. The van der Waals surface area contributed by atoms with Gasteiger partial charge in [0.15, 0.2) is 0 Å². The Morgan fingerprint density at radius 3 is 2.60 bits per heavy atom. The zero-order valence-corrected chi connectivity index (χ0v) is 11.0. The fourth-order valence-corrected chi connectivity index (χ4v) is 1.97. The smallest absolute Gasteiger partial charge is 0.215 e. The van der Waals surface area contributed by atoms with Gasteiger partial charge in [0, 0.05) is 5.56 Å². The van der Waals surface area contributed by atoms with Crippen LogP contribution in [0.2, 0.25) is 0 Å². The summed E-state index contributed by atoms with van der Waals surface area (Å²) in [7, 11) is 0. The van der Waals surface area contributed by atoms with Crippen LogP contribution < -0.4 is 5.43 Å². The predicted octanol–water partition coefficient (Wildman–Crippen LogP) is 3.36. The summed E-state index contributed by atoms with van der Waals surface area (Å²) in [5, 5.41) is 4.06. The normalized spacial score (nSPS) is 13.4. The van der Waals surface area contributed by atoms with Crippen LogP contribution in [0.25, 0.3) is 0 Å². The summed E-state index contributed by atoms with van der Waals surface area (Å²) < 4.78 is 0. The maximum atomic E-state index is 12.0. The highest BCUT2D eigenvalue weighted by Crippen LogP contribution is 2.25. The molecule has 1 aliphatic rings. The maximum Gasteiger partial charge on any atom is 0.215 e. The second kappa shape index (κ2) is 5.09. The van der Waals surface area contributed by atoms with Crippen LogP contribution in [0.5, 0.6) is 0 Å². The minimum Gasteiger partial charge on any atom is -0.287 e. The molecule has 0 aliphatic carbocycles. The number of ketones is 1. The van der Waals surface area contributed by atoms with E-state index >= 15 is 0 Å². The van der Waals surface area contributed by atoms with Gasteiger partial charge < -0.3 is 0 Å². The van der Waals surface area contributed by atoms with E-state index in [1.807, 2.05) is 49.4 Å². The fraction of sp³-hybridized carbons (Fsp3) is 0.0625. The molecule has 2 aromatic rings. The fourth-order valence-electron chi connectivity index (χ4n) is 1.97. The third kappa shape index (κ3) is 2.36.